The molecule has 1 aliphatic heterocycles. The van der Waals surface area contributed by atoms with Gasteiger partial charge in [0.1, 0.15) is 17.3 Å². The van der Waals surface area contributed by atoms with Gasteiger partial charge in [-0.1, -0.05) is 0 Å². The molecule has 1 saturated heterocycles. The van der Waals surface area contributed by atoms with Crippen molar-refractivity contribution in [2.45, 2.75) is 13.1 Å². The predicted octanol–water partition coefficient (Wildman–Crippen LogP) is 1.80. The maximum Gasteiger partial charge on any atom is 0.348 e. The Hall–Kier alpha value is -2.09. The number of esters is 1. The van der Waals surface area contributed by atoms with Gasteiger partial charge in [-0.3, -0.25) is 4.79 Å². The van der Waals surface area contributed by atoms with Gasteiger partial charge in [0.15, 0.2) is 0 Å². The largest absolute Gasteiger partial charge is 0.463 e. The first-order valence-electron chi connectivity index (χ1n) is 7.62. The van der Waals surface area contributed by atoms with Crippen molar-refractivity contribution in [1.29, 1.82) is 0 Å². The molecule has 1 heterocycles. The lowest BCUT2D eigenvalue weighted by Gasteiger charge is -2.34. The van der Waals surface area contributed by atoms with Crippen LogP contribution in [0.2, 0.25) is 0 Å². The van der Waals surface area contributed by atoms with Gasteiger partial charge in [0.2, 0.25) is 5.78 Å². The molecule has 1 fully saturated rings. The van der Waals surface area contributed by atoms with Crippen molar-refractivity contribution in [2.24, 2.45) is 0 Å². The molecular formula is C16H19F3N2O3. The van der Waals surface area contributed by atoms with Crippen molar-refractivity contribution in [3.05, 3.63) is 29.3 Å². The first kappa shape index (κ1) is 18.3. The maximum absolute atomic E-state index is 14.3. The molecule has 0 N–H and O–H groups in total. The standard InChI is InChI=1S/C16H19F3N2O3/c1-3-24-16(23)13(19)15(22)10-8-11(17)14(12(18)9-10)21-6-4-20(2)5-7-21/h8-9,13H,3-7H2,1-2H3. The predicted molar refractivity (Wildman–Crippen MR) is 81.9 cm³/mol. The summed E-state index contributed by atoms with van der Waals surface area (Å²) in [7, 11) is 1.91. The van der Waals surface area contributed by atoms with E-state index < -0.39 is 35.1 Å². The van der Waals surface area contributed by atoms with Crippen LogP contribution in [0.25, 0.3) is 0 Å². The first-order valence-corrected chi connectivity index (χ1v) is 7.62. The zero-order valence-corrected chi connectivity index (χ0v) is 13.5. The Morgan fingerprint density at radius 2 is 1.71 bits per heavy atom. The Labute approximate surface area is 138 Å². The summed E-state index contributed by atoms with van der Waals surface area (Å²) in [5.74, 6) is -4.61. The second-order valence-corrected chi connectivity index (χ2v) is 5.56. The van der Waals surface area contributed by atoms with Crippen LogP contribution >= 0.6 is 0 Å². The number of anilines is 1. The van der Waals surface area contributed by atoms with E-state index in [4.69, 9.17) is 0 Å². The van der Waals surface area contributed by atoms with Gasteiger partial charge in [-0.25, -0.2) is 18.0 Å². The molecule has 1 atom stereocenters. The normalized spacial score (nSPS) is 16.8. The van der Waals surface area contributed by atoms with Crippen LogP contribution in [-0.4, -0.2) is 62.7 Å². The second-order valence-electron chi connectivity index (χ2n) is 5.56. The van der Waals surface area contributed by atoms with Crippen LogP contribution in [0.15, 0.2) is 12.1 Å². The number of halogens is 3. The van der Waals surface area contributed by atoms with Gasteiger partial charge in [-0.05, 0) is 26.1 Å². The molecule has 24 heavy (non-hydrogen) atoms. The summed E-state index contributed by atoms with van der Waals surface area (Å²) in [5, 5.41) is 0. The van der Waals surface area contributed by atoms with E-state index in [1.807, 2.05) is 11.9 Å². The minimum atomic E-state index is -2.60. The highest BCUT2D eigenvalue weighted by Crippen LogP contribution is 2.27. The third kappa shape index (κ3) is 3.87. The van der Waals surface area contributed by atoms with E-state index in [0.29, 0.717) is 26.2 Å². The summed E-state index contributed by atoms with van der Waals surface area (Å²) < 4.78 is 46.7. The lowest BCUT2D eigenvalue weighted by Crippen LogP contribution is -2.45. The highest BCUT2D eigenvalue weighted by molar-refractivity contribution is 6.11. The fourth-order valence-corrected chi connectivity index (χ4v) is 2.51. The van der Waals surface area contributed by atoms with E-state index in [-0.39, 0.29) is 12.3 Å². The van der Waals surface area contributed by atoms with Crippen LogP contribution in [0.4, 0.5) is 18.9 Å². The van der Waals surface area contributed by atoms with Gasteiger partial charge in [0.05, 0.1) is 6.61 Å². The van der Waals surface area contributed by atoms with Crippen LogP contribution in [0.3, 0.4) is 0 Å². The van der Waals surface area contributed by atoms with Crippen LogP contribution in [0.1, 0.15) is 17.3 Å². The van der Waals surface area contributed by atoms with E-state index in [1.165, 1.54) is 11.8 Å². The highest BCUT2D eigenvalue weighted by Gasteiger charge is 2.31. The summed E-state index contributed by atoms with van der Waals surface area (Å²) in [4.78, 5) is 26.7. The summed E-state index contributed by atoms with van der Waals surface area (Å²) in [6, 6.07) is 1.51. The summed E-state index contributed by atoms with van der Waals surface area (Å²) in [5.41, 5.74) is -0.783. The average molecular weight is 344 g/mol. The van der Waals surface area contributed by atoms with Gasteiger partial charge in [0.25, 0.3) is 6.17 Å². The zero-order valence-electron chi connectivity index (χ0n) is 13.5. The van der Waals surface area contributed by atoms with E-state index in [0.717, 1.165) is 12.1 Å². The fraction of sp³-hybridized carbons (Fsp3) is 0.500. The number of ether oxygens (including phenoxy) is 1. The number of benzene rings is 1. The van der Waals surface area contributed by atoms with E-state index in [2.05, 4.69) is 4.74 Å². The second kappa shape index (κ2) is 7.65. The third-order valence-corrected chi connectivity index (χ3v) is 3.84. The molecule has 1 aromatic rings. The van der Waals surface area contributed by atoms with Crippen molar-refractivity contribution < 1.29 is 27.5 Å². The monoisotopic (exact) mass is 344 g/mol. The number of alkyl halides is 1. The Morgan fingerprint density at radius 1 is 1.17 bits per heavy atom. The quantitative estimate of drug-likeness (QED) is 0.463. The fourth-order valence-electron chi connectivity index (χ4n) is 2.51. The van der Waals surface area contributed by atoms with Crippen LogP contribution < -0.4 is 4.90 Å². The number of likely N-dealkylation sites (N-methyl/N-ethyl adjacent to an activating group) is 1. The van der Waals surface area contributed by atoms with Gasteiger partial charge >= 0.3 is 5.97 Å². The minimum absolute atomic E-state index is 0.0996. The summed E-state index contributed by atoms with van der Waals surface area (Å²) >= 11 is 0. The lowest BCUT2D eigenvalue weighted by molar-refractivity contribution is -0.147. The average Bonchev–Trinajstić information content (AvgIpc) is 2.54. The Kier molecular flexibility index (Phi) is 5.82. The lowest BCUT2D eigenvalue weighted by atomic mass is 10.1. The molecule has 2 rings (SSSR count). The first-order chi connectivity index (χ1) is 11.3. The smallest absolute Gasteiger partial charge is 0.348 e. The molecule has 1 aliphatic rings. The van der Waals surface area contributed by atoms with Gasteiger partial charge in [-0.2, -0.15) is 0 Å². The number of rotatable bonds is 5. The Bertz CT molecular complexity index is 608. The zero-order chi connectivity index (χ0) is 17.9. The van der Waals surface area contributed by atoms with Crippen molar-refractivity contribution in [3.63, 3.8) is 0 Å². The number of piperazine rings is 1. The Morgan fingerprint density at radius 3 is 2.21 bits per heavy atom. The van der Waals surface area contributed by atoms with Gasteiger partial charge in [0, 0.05) is 31.7 Å². The maximum atomic E-state index is 14.3. The number of carbonyl (C=O) groups is 2. The molecular weight excluding hydrogens is 325 g/mol. The third-order valence-electron chi connectivity index (χ3n) is 3.84. The molecule has 0 amide bonds. The van der Waals surface area contributed by atoms with Crippen molar-refractivity contribution >= 4 is 17.4 Å². The molecule has 132 valence electrons. The minimum Gasteiger partial charge on any atom is -0.463 e. The van der Waals surface area contributed by atoms with Crippen LogP contribution in [0, 0.1) is 11.6 Å². The molecule has 0 aliphatic carbocycles. The number of ketones is 1. The molecule has 8 heteroatoms. The number of hydrogen-bond acceptors (Lipinski definition) is 5. The van der Waals surface area contributed by atoms with Crippen molar-refractivity contribution in [3.8, 4) is 0 Å². The van der Waals surface area contributed by atoms with E-state index in [1.54, 1.807) is 0 Å². The highest BCUT2D eigenvalue weighted by atomic mass is 19.1. The summed E-state index contributed by atoms with van der Waals surface area (Å²) in [6.07, 6.45) is -2.60. The van der Waals surface area contributed by atoms with E-state index in [9.17, 15) is 22.8 Å². The molecule has 0 aromatic heterocycles. The van der Waals surface area contributed by atoms with Crippen LogP contribution in [0.5, 0.6) is 0 Å². The molecule has 0 radical (unpaired) electrons. The molecule has 0 bridgehead atoms. The molecule has 0 spiro atoms. The number of carbonyl (C=O) groups excluding carboxylic acids is 2. The Balaban J connectivity index is 2.23. The van der Waals surface area contributed by atoms with Gasteiger partial charge in [-0.15, -0.1) is 0 Å². The SMILES string of the molecule is CCOC(=O)C(F)C(=O)c1cc(F)c(N2CCN(C)CC2)c(F)c1. The number of hydrogen-bond donors (Lipinski definition) is 0. The molecule has 0 saturated carbocycles. The van der Waals surface area contributed by atoms with Crippen LogP contribution in [-0.2, 0) is 9.53 Å². The topological polar surface area (TPSA) is 49.9 Å². The summed E-state index contributed by atoms with van der Waals surface area (Å²) in [6.45, 7) is 3.53. The molecule has 1 aromatic carbocycles. The van der Waals surface area contributed by atoms with Gasteiger partial charge < -0.3 is 14.5 Å². The number of Topliss-reactive ketones (excluding diaryl/α,β-unsaturated/α-hetero) is 1. The van der Waals surface area contributed by atoms with Crippen molar-refractivity contribution in [1.82, 2.24) is 4.90 Å². The molecule has 5 nitrogen and oxygen atoms in total. The van der Waals surface area contributed by atoms with E-state index >= 15 is 0 Å². The van der Waals surface area contributed by atoms with Crippen molar-refractivity contribution in [2.75, 3.05) is 44.7 Å². The number of nitrogens with zero attached hydrogens (tertiary/aromatic N) is 2. The molecule has 1 unspecified atom stereocenters.